The van der Waals surface area contributed by atoms with Gasteiger partial charge in [0.05, 0.1) is 13.5 Å². The van der Waals surface area contributed by atoms with Crippen LogP contribution in [0.2, 0.25) is 0 Å². The molecule has 1 amide bonds. The average molecular weight is 315 g/mol. The number of hydrogen-bond acceptors (Lipinski definition) is 4. The Morgan fingerprint density at radius 2 is 1.61 bits per heavy atom. The molecule has 0 aromatic heterocycles. The fourth-order valence-corrected chi connectivity index (χ4v) is 1.91. The number of carbonyl (C=O) groups excluding carboxylic acids is 1. The molecule has 6 nitrogen and oxygen atoms in total. The molecule has 0 heterocycles. The molecule has 2 rings (SSSR count). The molecule has 2 N–H and O–H groups in total. The Morgan fingerprint density at radius 1 is 1.00 bits per heavy atom. The maximum atomic E-state index is 12.0. The summed E-state index contributed by atoms with van der Waals surface area (Å²) in [6, 6.07) is 13.8. The summed E-state index contributed by atoms with van der Waals surface area (Å²) in [6.07, 6.45) is 0.251. The van der Waals surface area contributed by atoms with Gasteiger partial charge in [-0.05, 0) is 42.0 Å². The number of rotatable bonds is 7. The maximum Gasteiger partial charge on any atom is 0.341 e. The van der Waals surface area contributed by atoms with Gasteiger partial charge in [-0.15, -0.1) is 0 Å². The van der Waals surface area contributed by atoms with Crippen molar-refractivity contribution in [2.75, 3.05) is 19.0 Å². The lowest BCUT2D eigenvalue weighted by molar-refractivity contribution is -0.139. The first-order valence-electron chi connectivity index (χ1n) is 6.94. The summed E-state index contributed by atoms with van der Waals surface area (Å²) in [5, 5.41) is 11.3. The molecular formula is C17H17NO5. The zero-order valence-corrected chi connectivity index (χ0v) is 12.6. The molecule has 0 radical (unpaired) electrons. The minimum absolute atomic E-state index is 0.144. The van der Waals surface area contributed by atoms with Crippen molar-refractivity contribution in [1.29, 1.82) is 0 Å². The molecule has 0 saturated carbocycles. The molecular weight excluding hydrogens is 298 g/mol. The van der Waals surface area contributed by atoms with E-state index in [0.29, 0.717) is 11.4 Å². The summed E-state index contributed by atoms with van der Waals surface area (Å²) in [5.41, 5.74) is 1.50. The average Bonchev–Trinajstić information content (AvgIpc) is 2.55. The van der Waals surface area contributed by atoms with Crippen LogP contribution in [0.4, 0.5) is 5.69 Å². The van der Waals surface area contributed by atoms with Gasteiger partial charge in [-0.2, -0.15) is 0 Å². The van der Waals surface area contributed by atoms with E-state index in [-0.39, 0.29) is 12.3 Å². The Hall–Kier alpha value is -3.02. The zero-order chi connectivity index (χ0) is 16.7. The number of carbonyl (C=O) groups is 2. The van der Waals surface area contributed by atoms with Crippen molar-refractivity contribution >= 4 is 17.6 Å². The van der Waals surface area contributed by atoms with E-state index in [1.54, 1.807) is 43.5 Å². The van der Waals surface area contributed by atoms with Gasteiger partial charge in [0.15, 0.2) is 6.61 Å². The Kier molecular flexibility index (Phi) is 5.57. The summed E-state index contributed by atoms with van der Waals surface area (Å²) in [4.78, 5) is 22.4. The second-order valence-electron chi connectivity index (χ2n) is 4.78. The predicted molar refractivity (Wildman–Crippen MR) is 84.9 cm³/mol. The number of aliphatic carboxylic acids is 1. The van der Waals surface area contributed by atoms with Crippen LogP contribution in [0.5, 0.6) is 11.5 Å². The van der Waals surface area contributed by atoms with Crippen LogP contribution in [0.3, 0.4) is 0 Å². The third-order valence-electron chi connectivity index (χ3n) is 3.02. The summed E-state index contributed by atoms with van der Waals surface area (Å²) in [5.74, 6) is -0.0112. The second kappa shape index (κ2) is 7.84. The summed E-state index contributed by atoms with van der Waals surface area (Å²) < 4.78 is 10.1. The van der Waals surface area contributed by atoms with E-state index in [9.17, 15) is 9.59 Å². The van der Waals surface area contributed by atoms with Crippen LogP contribution in [0.1, 0.15) is 5.56 Å². The number of ether oxygens (including phenoxy) is 2. The van der Waals surface area contributed by atoms with Gasteiger partial charge in [0.25, 0.3) is 0 Å². The second-order valence-corrected chi connectivity index (χ2v) is 4.78. The number of hydrogen-bond donors (Lipinski definition) is 2. The first-order chi connectivity index (χ1) is 11.1. The van der Waals surface area contributed by atoms with Gasteiger partial charge in [-0.25, -0.2) is 4.79 Å². The standard InChI is InChI=1S/C17H17NO5/c1-22-14-6-2-12(3-7-14)10-16(19)18-13-4-8-15(9-5-13)23-11-17(20)21/h2-9H,10-11H2,1H3,(H,18,19)(H,20,21). The molecule has 0 aliphatic rings. The Labute approximate surface area is 133 Å². The molecule has 0 saturated heterocycles. The van der Waals surface area contributed by atoms with Gasteiger partial charge in [0.2, 0.25) is 5.91 Å². The van der Waals surface area contributed by atoms with Gasteiger partial charge >= 0.3 is 5.97 Å². The molecule has 0 spiro atoms. The number of benzene rings is 2. The highest BCUT2D eigenvalue weighted by Gasteiger charge is 2.05. The van der Waals surface area contributed by atoms with E-state index in [4.69, 9.17) is 14.6 Å². The number of anilines is 1. The van der Waals surface area contributed by atoms with Crippen LogP contribution in [0.25, 0.3) is 0 Å². The molecule has 23 heavy (non-hydrogen) atoms. The van der Waals surface area contributed by atoms with Crippen molar-refractivity contribution in [2.24, 2.45) is 0 Å². The molecule has 0 aliphatic heterocycles. The lowest BCUT2D eigenvalue weighted by atomic mass is 10.1. The maximum absolute atomic E-state index is 12.0. The Bertz CT molecular complexity index is 664. The Morgan fingerprint density at radius 3 is 2.17 bits per heavy atom. The molecule has 0 fully saturated rings. The zero-order valence-electron chi connectivity index (χ0n) is 12.6. The van der Waals surface area contributed by atoms with Crippen molar-refractivity contribution in [3.8, 4) is 11.5 Å². The largest absolute Gasteiger partial charge is 0.497 e. The van der Waals surface area contributed by atoms with Crippen molar-refractivity contribution in [2.45, 2.75) is 6.42 Å². The molecule has 2 aromatic carbocycles. The van der Waals surface area contributed by atoms with Gasteiger partial charge < -0.3 is 19.9 Å². The van der Waals surface area contributed by atoms with Crippen LogP contribution >= 0.6 is 0 Å². The van der Waals surface area contributed by atoms with Crippen molar-refractivity contribution in [1.82, 2.24) is 0 Å². The fourth-order valence-electron chi connectivity index (χ4n) is 1.91. The number of nitrogens with one attached hydrogen (secondary N) is 1. The molecule has 2 aromatic rings. The van der Waals surface area contributed by atoms with E-state index < -0.39 is 12.6 Å². The fraction of sp³-hybridized carbons (Fsp3) is 0.176. The van der Waals surface area contributed by atoms with E-state index in [1.807, 2.05) is 12.1 Å². The monoisotopic (exact) mass is 315 g/mol. The van der Waals surface area contributed by atoms with E-state index in [1.165, 1.54) is 0 Å². The third-order valence-corrected chi connectivity index (χ3v) is 3.02. The molecule has 120 valence electrons. The topological polar surface area (TPSA) is 84.9 Å². The van der Waals surface area contributed by atoms with Crippen LogP contribution in [0, 0.1) is 0 Å². The predicted octanol–water partition coefficient (Wildman–Crippen LogP) is 2.34. The van der Waals surface area contributed by atoms with Crippen LogP contribution < -0.4 is 14.8 Å². The third kappa shape index (κ3) is 5.35. The highest BCUT2D eigenvalue weighted by atomic mass is 16.5. The summed E-state index contributed by atoms with van der Waals surface area (Å²) in [7, 11) is 1.59. The SMILES string of the molecule is COc1ccc(CC(=O)Nc2ccc(OCC(=O)O)cc2)cc1. The van der Waals surface area contributed by atoms with Crippen LogP contribution in [-0.4, -0.2) is 30.7 Å². The first kappa shape index (κ1) is 16.4. The smallest absolute Gasteiger partial charge is 0.341 e. The van der Waals surface area contributed by atoms with Gasteiger partial charge in [-0.3, -0.25) is 4.79 Å². The normalized spacial score (nSPS) is 9.96. The number of amides is 1. The van der Waals surface area contributed by atoms with E-state index >= 15 is 0 Å². The van der Waals surface area contributed by atoms with Gasteiger partial charge in [-0.1, -0.05) is 12.1 Å². The summed E-state index contributed by atoms with van der Waals surface area (Å²) in [6.45, 7) is -0.400. The minimum Gasteiger partial charge on any atom is -0.497 e. The van der Waals surface area contributed by atoms with Crippen molar-refractivity contribution in [3.05, 3.63) is 54.1 Å². The quantitative estimate of drug-likeness (QED) is 0.819. The van der Waals surface area contributed by atoms with Crippen LogP contribution in [0.15, 0.2) is 48.5 Å². The number of methoxy groups -OCH3 is 1. The first-order valence-corrected chi connectivity index (χ1v) is 6.94. The Balaban J connectivity index is 1.87. The molecule has 0 bridgehead atoms. The minimum atomic E-state index is -1.04. The van der Waals surface area contributed by atoms with Gasteiger partial charge in [0, 0.05) is 5.69 Å². The lowest BCUT2D eigenvalue weighted by Crippen LogP contribution is -2.14. The van der Waals surface area contributed by atoms with E-state index in [2.05, 4.69) is 5.32 Å². The van der Waals surface area contributed by atoms with E-state index in [0.717, 1.165) is 11.3 Å². The number of carboxylic acids is 1. The molecule has 0 aliphatic carbocycles. The van der Waals surface area contributed by atoms with Gasteiger partial charge in [0.1, 0.15) is 11.5 Å². The molecule has 6 heteroatoms. The van der Waals surface area contributed by atoms with Crippen LogP contribution in [-0.2, 0) is 16.0 Å². The lowest BCUT2D eigenvalue weighted by Gasteiger charge is -2.07. The van der Waals surface area contributed by atoms with Crippen molar-refractivity contribution in [3.63, 3.8) is 0 Å². The number of carboxylic acid groups (broad SMARTS) is 1. The molecule has 0 unspecified atom stereocenters. The summed E-state index contributed by atoms with van der Waals surface area (Å²) >= 11 is 0. The molecule has 0 atom stereocenters. The highest BCUT2D eigenvalue weighted by molar-refractivity contribution is 5.92. The highest BCUT2D eigenvalue weighted by Crippen LogP contribution is 2.16. The van der Waals surface area contributed by atoms with Crippen molar-refractivity contribution < 1.29 is 24.2 Å².